The Balaban J connectivity index is 1.76. The fourth-order valence-corrected chi connectivity index (χ4v) is 7.92. The lowest BCUT2D eigenvalue weighted by Gasteiger charge is -2.47. The molecule has 5 atom stereocenters. The number of sulfone groups is 1. The summed E-state index contributed by atoms with van der Waals surface area (Å²) in [4.78, 5) is 0. The van der Waals surface area contributed by atoms with E-state index < -0.39 is 48.0 Å². The summed E-state index contributed by atoms with van der Waals surface area (Å²) in [6.45, 7) is 17.3. The first-order valence-corrected chi connectivity index (χ1v) is 20.5. The zero-order chi connectivity index (χ0) is 33.4. The third-order valence-electron chi connectivity index (χ3n) is 8.66. The summed E-state index contributed by atoms with van der Waals surface area (Å²) in [6.07, 6.45) is -3.21. The van der Waals surface area contributed by atoms with Crippen molar-refractivity contribution in [2.24, 2.45) is 0 Å². The summed E-state index contributed by atoms with van der Waals surface area (Å²) in [6, 6.07) is 29.3. The molecule has 0 bridgehead atoms. The van der Waals surface area contributed by atoms with Crippen LogP contribution in [0.25, 0.3) is 0 Å². The van der Waals surface area contributed by atoms with Gasteiger partial charge in [-0.25, -0.2) is 8.42 Å². The molecular weight excluding hydrogens is 617 g/mol. The van der Waals surface area contributed by atoms with E-state index in [2.05, 4.69) is 40.4 Å². The lowest BCUT2D eigenvalue weighted by Crippen LogP contribution is -2.63. The second kappa shape index (κ2) is 16.0. The number of hydrogen-bond donors (Lipinski definition) is 0. The Hall–Kier alpha value is -2.63. The fourth-order valence-electron chi connectivity index (χ4n) is 5.10. The highest BCUT2D eigenvalue weighted by Gasteiger charge is 2.53. The van der Waals surface area contributed by atoms with Crippen molar-refractivity contribution >= 4 is 18.2 Å². The number of rotatable bonds is 15. The van der Waals surface area contributed by atoms with Gasteiger partial charge in [-0.15, -0.1) is 0 Å². The molecule has 3 aromatic rings. The van der Waals surface area contributed by atoms with Crippen LogP contribution >= 0.6 is 0 Å². The standard InChI is InChI=1S/C37H50O7SSi/c1-28(2)27-45(38,39)36-35(42-25-31-21-15-10-16-22-31)34(41-24-30-19-13-9-14-20-30)33(40-23-29-17-11-8-12-18-29)32(44-36)26-43-46(6,7)37(3,4)5/h8-22,32-36H,1,23-27H2,2-7H3/t32?,33-,34+,35-,36?/m1/s1. The Morgan fingerprint density at radius 3 is 1.57 bits per heavy atom. The molecule has 7 nitrogen and oxygen atoms in total. The molecule has 1 aliphatic rings. The molecule has 2 unspecified atom stereocenters. The molecule has 0 radical (unpaired) electrons. The molecule has 250 valence electrons. The van der Waals surface area contributed by atoms with E-state index in [1.807, 2.05) is 91.0 Å². The van der Waals surface area contributed by atoms with Gasteiger partial charge >= 0.3 is 0 Å². The van der Waals surface area contributed by atoms with Crippen LogP contribution < -0.4 is 0 Å². The van der Waals surface area contributed by atoms with Gasteiger partial charge in [-0.05, 0) is 41.7 Å². The molecule has 0 aliphatic carbocycles. The highest BCUT2D eigenvalue weighted by atomic mass is 32.2. The number of benzene rings is 3. The lowest BCUT2D eigenvalue weighted by atomic mass is 9.99. The molecule has 3 aromatic carbocycles. The Morgan fingerprint density at radius 1 is 0.739 bits per heavy atom. The predicted molar refractivity (Wildman–Crippen MR) is 185 cm³/mol. The quantitative estimate of drug-likeness (QED) is 0.123. The SMILES string of the molecule is C=C(C)CS(=O)(=O)C1OC(CO[Si](C)(C)C(C)(C)C)[C@@H](OCc2ccccc2)[C@H](OCc2ccccc2)[C@H]1OCc1ccccc1. The van der Waals surface area contributed by atoms with E-state index in [1.54, 1.807) is 6.92 Å². The van der Waals surface area contributed by atoms with Gasteiger partial charge in [-0.2, -0.15) is 0 Å². The second-order valence-electron chi connectivity index (χ2n) is 13.7. The normalized spacial score (nSPS) is 22.4. The zero-order valence-corrected chi connectivity index (χ0v) is 29.9. The van der Waals surface area contributed by atoms with Crippen LogP contribution in [0.15, 0.2) is 103 Å². The van der Waals surface area contributed by atoms with Gasteiger partial charge in [-0.3, -0.25) is 0 Å². The largest absolute Gasteiger partial charge is 0.414 e. The molecule has 1 heterocycles. The van der Waals surface area contributed by atoms with Crippen LogP contribution in [0.2, 0.25) is 18.1 Å². The van der Waals surface area contributed by atoms with Gasteiger partial charge in [-0.1, -0.05) is 124 Å². The molecule has 0 spiro atoms. The predicted octanol–water partition coefficient (Wildman–Crippen LogP) is 7.48. The fraction of sp³-hybridized carbons (Fsp3) is 0.459. The molecule has 1 fully saturated rings. The third kappa shape index (κ3) is 9.94. The monoisotopic (exact) mass is 666 g/mol. The Bertz CT molecular complexity index is 1470. The smallest absolute Gasteiger partial charge is 0.192 e. The minimum atomic E-state index is -3.88. The summed E-state index contributed by atoms with van der Waals surface area (Å²) in [5.74, 6) is -0.236. The van der Waals surface area contributed by atoms with Crippen LogP contribution in [-0.2, 0) is 53.0 Å². The number of ether oxygens (including phenoxy) is 4. The maximum atomic E-state index is 14.0. The minimum Gasteiger partial charge on any atom is -0.414 e. The average Bonchev–Trinajstić information content (AvgIpc) is 3.01. The van der Waals surface area contributed by atoms with Gasteiger partial charge in [0.2, 0.25) is 0 Å². The molecule has 0 amide bonds. The maximum absolute atomic E-state index is 14.0. The Kier molecular flexibility index (Phi) is 12.6. The zero-order valence-electron chi connectivity index (χ0n) is 28.1. The topological polar surface area (TPSA) is 80.3 Å². The summed E-state index contributed by atoms with van der Waals surface area (Å²) >= 11 is 0. The highest BCUT2D eigenvalue weighted by molar-refractivity contribution is 7.92. The summed E-state index contributed by atoms with van der Waals surface area (Å²) in [5, 5.41) is -0.0575. The van der Waals surface area contributed by atoms with E-state index in [9.17, 15) is 8.42 Å². The van der Waals surface area contributed by atoms with Crippen molar-refractivity contribution < 1.29 is 31.8 Å². The average molecular weight is 667 g/mol. The summed E-state index contributed by atoms with van der Waals surface area (Å²) in [5.41, 5.74) is 2.03. The first-order chi connectivity index (χ1) is 21.8. The van der Waals surface area contributed by atoms with Gasteiger partial charge in [0.25, 0.3) is 0 Å². The van der Waals surface area contributed by atoms with Crippen molar-refractivity contribution in [2.75, 3.05) is 12.4 Å². The summed E-state index contributed by atoms with van der Waals surface area (Å²) < 4.78 is 61.1. The highest BCUT2D eigenvalue weighted by Crippen LogP contribution is 2.38. The van der Waals surface area contributed by atoms with Crippen LogP contribution in [0.1, 0.15) is 44.4 Å². The van der Waals surface area contributed by atoms with Gasteiger partial charge < -0.3 is 23.4 Å². The summed E-state index contributed by atoms with van der Waals surface area (Å²) in [7, 11) is -6.12. The first kappa shape index (κ1) is 36.2. The Morgan fingerprint density at radius 2 is 1.15 bits per heavy atom. The first-order valence-electron chi connectivity index (χ1n) is 15.9. The van der Waals surface area contributed by atoms with Crippen molar-refractivity contribution in [2.45, 2.75) is 95.5 Å². The molecule has 9 heteroatoms. The van der Waals surface area contributed by atoms with Gasteiger partial charge in [0.15, 0.2) is 23.6 Å². The van der Waals surface area contributed by atoms with Crippen molar-refractivity contribution in [3.8, 4) is 0 Å². The van der Waals surface area contributed by atoms with Crippen LogP contribution in [-0.4, -0.2) is 58.9 Å². The van der Waals surface area contributed by atoms with E-state index in [1.165, 1.54) is 0 Å². The van der Waals surface area contributed by atoms with Crippen LogP contribution in [0.5, 0.6) is 0 Å². The third-order valence-corrected chi connectivity index (χ3v) is 15.1. The lowest BCUT2D eigenvalue weighted by molar-refractivity contribution is -0.252. The van der Waals surface area contributed by atoms with E-state index in [4.69, 9.17) is 23.4 Å². The molecular formula is C37H50O7SSi. The van der Waals surface area contributed by atoms with Gasteiger partial charge in [0, 0.05) is 0 Å². The van der Waals surface area contributed by atoms with Crippen LogP contribution in [0.3, 0.4) is 0 Å². The van der Waals surface area contributed by atoms with E-state index in [0.717, 1.165) is 16.7 Å². The Labute approximate surface area is 276 Å². The van der Waals surface area contributed by atoms with Gasteiger partial charge in [0.1, 0.15) is 24.4 Å². The molecule has 1 aliphatic heterocycles. The minimum absolute atomic E-state index is 0.0575. The van der Waals surface area contributed by atoms with Crippen molar-refractivity contribution in [3.05, 3.63) is 120 Å². The molecule has 1 saturated heterocycles. The molecule has 0 saturated carbocycles. The van der Waals surface area contributed by atoms with Crippen molar-refractivity contribution in [3.63, 3.8) is 0 Å². The van der Waals surface area contributed by atoms with Crippen LogP contribution in [0.4, 0.5) is 0 Å². The van der Waals surface area contributed by atoms with Crippen molar-refractivity contribution in [1.82, 2.24) is 0 Å². The van der Waals surface area contributed by atoms with Crippen LogP contribution in [0, 0.1) is 0 Å². The number of hydrogen-bond acceptors (Lipinski definition) is 7. The van der Waals surface area contributed by atoms with Crippen molar-refractivity contribution in [1.29, 1.82) is 0 Å². The molecule has 4 rings (SSSR count). The van der Waals surface area contributed by atoms with E-state index in [-0.39, 0.29) is 37.2 Å². The van der Waals surface area contributed by atoms with E-state index >= 15 is 0 Å². The van der Waals surface area contributed by atoms with E-state index in [0.29, 0.717) is 5.57 Å². The molecule has 46 heavy (non-hydrogen) atoms. The molecule has 0 N–H and O–H groups in total. The molecule has 0 aromatic heterocycles. The van der Waals surface area contributed by atoms with Gasteiger partial charge in [0.05, 0.1) is 32.2 Å². The second-order valence-corrected chi connectivity index (χ2v) is 20.6. The maximum Gasteiger partial charge on any atom is 0.192 e.